The Bertz CT molecular complexity index is 1430. The van der Waals surface area contributed by atoms with E-state index in [2.05, 4.69) is 16.3 Å². The lowest BCUT2D eigenvalue weighted by molar-refractivity contribution is 0.0734. The maximum atomic E-state index is 12.4. The van der Waals surface area contributed by atoms with Gasteiger partial charge in [-0.1, -0.05) is 60.2 Å². The number of aryl methyl sites for hydroxylation is 1. The van der Waals surface area contributed by atoms with Crippen molar-refractivity contribution in [1.82, 2.24) is 10.2 Å². The van der Waals surface area contributed by atoms with Gasteiger partial charge in [-0.25, -0.2) is 4.79 Å². The number of benzene rings is 3. The fraction of sp³-hybridized carbons (Fsp3) is 0.0741. The first-order valence-electron chi connectivity index (χ1n) is 10.6. The molecule has 1 aromatic heterocycles. The first kappa shape index (κ1) is 21.0. The molecule has 5 rings (SSSR count). The molecule has 0 saturated heterocycles. The summed E-state index contributed by atoms with van der Waals surface area (Å²) in [4.78, 5) is 12.4. The SMILES string of the molecule is Cc1ccc(-c2[nH]nc3c2[C@@H](c2ccc(OC(=O)c4ccccc4)cc2)C(C#N)=C(N)O3)cc1. The molecule has 0 bridgehead atoms. The molecule has 7 heteroatoms. The van der Waals surface area contributed by atoms with Crippen LogP contribution in [0.25, 0.3) is 11.3 Å². The number of hydrogen-bond donors (Lipinski definition) is 2. The van der Waals surface area contributed by atoms with E-state index in [-0.39, 0.29) is 11.5 Å². The van der Waals surface area contributed by atoms with Crippen LogP contribution in [0.2, 0.25) is 0 Å². The highest BCUT2D eigenvalue weighted by atomic mass is 16.5. The average Bonchev–Trinajstić information content (AvgIpc) is 3.28. The Kier molecular flexibility index (Phi) is 5.32. The Labute approximate surface area is 196 Å². The quantitative estimate of drug-likeness (QED) is 0.342. The highest BCUT2D eigenvalue weighted by molar-refractivity contribution is 5.91. The van der Waals surface area contributed by atoms with E-state index in [1.54, 1.807) is 36.4 Å². The fourth-order valence-corrected chi connectivity index (χ4v) is 3.99. The monoisotopic (exact) mass is 448 g/mol. The number of hydrogen-bond acceptors (Lipinski definition) is 6. The number of ether oxygens (including phenoxy) is 2. The van der Waals surface area contributed by atoms with Crippen LogP contribution in [0.1, 0.15) is 33.0 Å². The molecule has 0 amide bonds. The zero-order valence-corrected chi connectivity index (χ0v) is 18.3. The zero-order valence-electron chi connectivity index (χ0n) is 18.3. The molecular formula is C27H20N4O3. The summed E-state index contributed by atoms with van der Waals surface area (Å²) in [7, 11) is 0. The lowest BCUT2D eigenvalue weighted by Gasteiger charge is -2.24. The maximum Gasteiger partial charge on any atom is 0.343 e. The number of esters is 1. The second kappa shape index (κ2) is 8.60. The number of allylic oxidation sites excluding steroid dienone is 1. The number of carbonyl (C=O) groups excluding carboxylic acids is 1. The van der Waals surface area contributed by atoms with Crippen molar-refractivity contribution in [2.24, 2.45) is 5.73 Å². The predicted octanol–water partition coefficient (Wildman–Crippen LogP) is 4.82. The number of nitrogens with zero attached hydrogens (tertiary/aromatic N) is 2. The normalized spacial score (nSPS) is 14.6. The van der Waals surface area contributed by atoms with Crippen molar-refractivity contribution in [1.29, 1.82) is 5.26 Å². The molecule has 0 saturated carbocycles. The third-order valence-corrected chi connectivity index (χ3v) is 5.71. The lowest BCUT2D eigenvalue weighted by atomic mass is 9.83. The summed E-state index contributed by atoms with van der Waals surface area (Å²) in [6, 6.07) is 26.0. The second-order valence-corrected chi connectivity index (χ2v) is 7.93. The average molecular weight is 448 g/mol. The molecule has 0 aliphatic carbocycles. The number of nitriles is 1. The van der Waals surface area contributed by atoms with E-state index in [0.29, 0.717) is 17.2 Å². The Morgan fingerprint density at radius 1 is 1.06 bits per heavy atom. The third kappa shape index (κ3) is 3.78. The highest BCUT2D eigenvalue weighted by Crippen LogP contribution is 2.45. The first-order valence-corrected chi connectivity index (χ1v) is 10.6. The van der Waals surface area contributed by atoms with Gasteiger partial charge in [0.25, 0.3) is 0 Å². The van der Waals surface area contributed by atoms with E-state index in [1.807, 2.05) is 49.4 Å². The number of rotatable bonds is 4. The number of fused-ring (bicyclic) bond motifs is 1. The molecule has 1 aliphatic rings. The molecule has 2 heterocycles. The largest absolute Gasteiger partial charge is 0.423 e. The molecule has 1 aliphatic heterocycles. The summed E-state index contributed by atoms with van der Waals surface area (Å²) in [5.41, 5.74) is 11.1. The number of carbonyl (C=O) groups is 1. The van der Waals surface area contributed by atoms with Crippen molar-refractivity contribution in [3.8, 4) is 29.0 Å². The minimum Gasteiger partial charge on any atom is -0.423 e. The van der Waals surface area contributed by atoms with Gasteiger partial charge in [-0.15, -0.1) is 5.10 Å². The number of aromatic amines is 1. The van der Waals surface area contributed by atoms with Crippen LogP contribution in [-0.4, -0.2) is 16.2 Å². The minimum absolute atomic E-state index is 0.0153. The van der Waals surface area contributed by atoms with Crippen molar-refractivity contribution < 1.29 is 14.3 Å². The zero-order chi connectivity index (χ0) is 23.7. The smallest absolute Gasteiger partial charge is 0.343 e. The van der Waals surface area contributed by atoms with E-state index >= 15 is 0 Å². The molecule has 0 radical (unpaired) electrons. The molecule has 0 spiro atoms. The molecule has 0 fully saturated rings. The summed E-state index contributed by atoms with van der Waals surface area (Å²) in [5, 5.41) is 17.2. The molecule has 0 unspecified atom stereocenters. The molecule has 3 N–H and O–H groups in total. The molecule has 4 aromatic rings. The van der Waals surface area contributed by atoms with Gasteiger partial charge in [0.1, 0.15) is 17.4 Å². The standard InChI is InChI=1S/C27H20N4O3/c1-16-7-9-18(10-8-16)24-23-22(21(15-28)25(29)34-26(23)31-30-24)17-11-13-20(14-12-17)33-27(32)19-5-3-2-4-6-19/h2-14,22H,29H2,1H3,(H,30,31)/t22-/m0/s1. The Morgan fingerprint density at radius 3 is 2.44 bits per heavy atom. The van der Waals surface area contributed by atoms with E-state index in [1.165, 1.54) is 0 Å². The molecule has 166 valence electrons. The van der Waals surface area contributed by atoms with Gasteiger partial charge in [0.15, 0.2) is 0 Å². The van der Waals surface area contributed by atoms with Gasteiger partial charge in [-0.05, 0) is 36.8 Å². The number of nitrogens with one attached hydrogen (secondary N) is 1. The van der Waals surface area contributed by atoms with E-state index in [9.17, 15) is 10.1 Å². The van der Waals surface area contributed by atoms with Gasteiger partial charge in [0.2, 0.25) is 11.8 Å². The van der Waals surface area contributed by atoms with Crippen LogP contribution in [0.5, 0.6) is 11.6 Å². The summed E-state index contributed by atoms with van der Waals surface area (Å²) in [6.07, 6.45) is 0. The van der Waals surface area contributed by atoms with Crippen molar-refractivity contribution in [3.63, 3.8) is 0 Å². The number of aromatic nitrogens is 2. The topological polar surface area (TPSA) is 114 Å². The number of H-pyrrole nitrogens is 1. The molecule has 7 nitrogen and oxygen atoms in total. The minimum atomic E-state index is -0.498. The van der Waals surface area contributed by atoms with Crippen LogP contribution in [-0.2, 0) is 0 Å². The maximum absolute atomic E-state index is 12.4. The van der Waals surface area contributed by atoms with E-state index < -0.39 is 11.9 Å². The first-order chi connectivity index (χ1) is 16.5. The molecule has 34 heavy (non-hydrogen) atoms. The van der Waals surface area contributed by atoms with Crippen LogP contribution in [0.15, 0.2) is 90.3 Å². The summed E-state index contributed by atoms with van der Waals surface area (Å²) >= 11 is 0. The van der Waals surface area contributed by atoms with Gasteiger partial charge >= 0.3 is 5.97 Å². The van der Waals surface area contributed by atoms with Gasteiger partial charge in [-0.2, -0.15) is 5.26 Å². The van der Waals surface area contributed by atoms with Crippen molar-refractivity contribution >= 4 is 5.97 Å². The van der Waals surface area contributed by atoms with Gasteiger partial charge in [-0.3, -0.25) is 5.10 Å². The Balaban J connectivity index is 1.52. The van der Waals surface area contributed by atoms with Crippen LogP contribution >= 0.6 is 0 Å². The Hall–Kier alpha value is -4.83. The van der Waals surface area contributed by atoms with Crippen molar-refractivity contribution in [2.75, 3.05) is 0 Å². The van der Waals surface area contributed by atoms with E-state index in [0.717, 1.165) is 27.9 Å². The third-order valence-electron chi connectivity index (χ3n) is 5.71. The van der Waals surface area contributed by atoms with Gasteiger partial charge in [0.05, 0.1) is 22.7 Å². The van der Waals surface area contributed by atoms with Crippen molar-refractivity contribution in [3.05, 3.63) is 113 Å². The molecular weight excluding hydrogens is 428 g/mol. The van der Waals surface area contributed by atoms with Crippen LogP contribution in [0.4, 0.5) is 0 Å². The van der Waals surface area contributed by atoms with Crippen LogP contribution in [0.3, 0.4) is 0 Å². The van der Waals surface area contributed by atoms with Crippen molar-refractivity contribution in [2.45, 2.75) is 12.8 Å². The van der Waals surface area contributed by atoms with Gasteiger partial charge < -0.3 is 15.2 Å². The summed E-state index contributed by atoms with van der Waals surface area (Å²) in [6.45, 7) is 2.02. The number of nitrogens with two attached hydrogens (primary N) is 1. The lowest BCUT2D eigenvalue weighted by Crippen LogP contribution is -2.21. The summed E-state index contributed by atoms with van der Waals surface area (Å²) in [5.74, 6) is -0.202. The van der Waals surface area contributed by atoms with E-state index in [4.69, 9.17) is 15.2 Å². The van der Waals surface area contributed by atoms with Crippen LogP contribution < -0.4 is 15.2 Å². The second-order valence-electron chi connectivity index (χ2n) is 7.93. The summed E-state index contributed by atoms with van der Waals surface area (Å²) < 4.78 is 11.2. The molecule has 1 atom stereocenters. The predicted molar refractivity (Wildman–Crippen MR) is 126 cm³/mol. The van der Waals surface area contributed by atoms with Crippen LogP contribution in [0, 0.1) is 18.3 Å². The van der Waals surface area contributed by atoms with Gasteiger partial charge in [0, 0.05) is 5.56 Å². The molecule has 3 aromatic carbocycles. The fourth-order valence-electron chi connectivity index (χ4n) is 3.99. The Morgan fingerprint density at radius 2 is 1.76 bits per heavy atom. The highest BCUT2D eigenvalue weighted by Gasteiger charge is 2.35.